The Morgan fingerprint density at radius 2 is 1.95 bits per heavy atom. The first kappa shape index (κ1) is 13.6. The maximum Gasteiger partial charge on any atom is 0.188 e. The smallest absolute Gasteiger partial charge is 0.188 e. The predicted molar refractivity (Wildman–Crippen MR) is 91.0 cm³/mol. The summed E-state index contributed by atoms with van der Waals surface area (Å²) in [5.41, 5.74) is 3.50. The molecular formula is C16H15BrN2S. The zero-order valence-electron chi connectivity index (χ0n) is 11.2. The maximum atomic E-state index is 4.59. The molecule has 3 aromatic rings. The summed E-state index contributed by atoms with van der Waals surface area (Å²) in [7, 11) is 0. The average molecular weight is 347 g/mol. The highest BCUT2D eigenvalue weighted by molar-refractivity contribution is 9.10. The van der Waals surface area contributed by atoms with E-state index in [-0.39, 0.29) is 0 Å². The van der Waals surface area contributed by atoms with Gasteiger partial charge < -0.3 is 5.32 Å². The summed E-state index contributed by atoms with van der Waals surface area (Å²) < 4.78 is 2.27. The van der Waals surface area contributed by atoms with E-state index >= 15 is 0 Å². The van der Waals surface area contributed by atoms with E-state index in [1.807, 2.05) is 12.1 Å². The SMILES string of the molecule is CCCc1ccc(Nc2nc3ccc(Br)cc3s2)cc1. The third kappa shape index (κ3) is 3.02. The Kier molecular flexibility index (Phi) is 4.03. The van der Waals surface area contributed by atoms with Crippen molar-refractivity contribution < 1.29 is 0 Å². The molecule has 0 amide bonds. The summed E-state index contributed by atoms with van der Waals surface area (Å²) in [6.45, 7) is 2.20. The molecule has 2 aromatic carbocycles. The second kappa shape index (κ2) is 5.94. The van der Waals surface area contributed by atoms with Crippen LogP contribution in [-0.4, -0.2) is 4.98 Å². The lowest BCUT2D eigenvalue weighted by Crippen LogP contribution is -1.90. The van der Waals surface area contributed by atoms with Crippen molar-refractivity contribution in [1.82, 2.24) is 4.98 Å². The molecule has 1 N–H and O–H groups in total. The van der Waals surface area contributed by atoms with Gasteiger partial charge in [-0.3, -0.25) is 0 Å². The van der Waals surface area contributed by atoms with Crippen LogP contribution < -0.4 is 5.32 Å². The van der Waals surface area contributed by atoms with E-state index in [0.29, 0.717) is 0 Å². The quantitative estimate of drug-likeness (QED) is 0.649. The summed E-state index contributed by atoms with van der Waals surface area (Å²) in [4.78, 5) is 4.59. The van der Waals surface area contributed by atoms with E-state index in [9.17, 15) is 0 Å². The van der Waals surface area contributed by atoms with Crippen molar-refractivity contribution in [1.29, 1.82) is 0 Å². The van der Waals surface area contributed by atoms with Crippen LogP contribution in [0.1, 0.15) is 18.9 Å². The van der Waals surface area contributed by atoms with E-state index in [1.165, 1.54) is 16.7 Å². The first-order valence-corrected chi connectivity index (χ1v) is 8.27. The first-order chi connectivity index (χ1) is 9.74. The van der Waals surface area contributed by atoms with E-state index in [4.69, 9.17) is 0 Å². The highest BCUT2D eigenvalue weighted by Crippen LogP contribution is 2.30. The Hall–Kier alpha value is -1.39. The van der Waals surface area contributed by atoms with Crippen molar-refractivity contribution in [2.24, 2.45) is 0 Å². The number of halogens is 1. The van der Waals surface area contributed by atoms with Crippen molar-refractivity contribution in [3.05, 3.63) is 52.5 Å². The number of nitrogens with one attached hydrogen (secondary N) is 1. The molecule has 2 nitrogen and oxygen atoms in total. The molecule has 20 heavy (non-hydrogen) atoms. The summed E-state index contributed by atoms with van der Waals surface area (Å²) in [5.74, 6) is 0. The van der Waals surface area contributed by atoms with Crippen LogP contribution in [0.3, 0.4) is 0 Å². The van der Waals surface area contributed by atoms with Gasteiger partial charge in [-0.1, -0.05) is 52.7 Å². The molecule has 102 valence electrons. The van der Waals surface area contributed by atoms with Gasteiger partial charge in [-0.15, -0.1) is 0 Å². The fraction of sp³-hybridized carbons (Fsp3) is 0.188. The Labute approximate surface area is 131 Å². The lowest BCUT2D eigenvalue weighted by molar-refractivity contribution is 0.922. The van der Waals surface area contributed by atoms with Crippen LogP contribution in [0.15, 0.2) is 46.9 Å². The minimum Gasteiger partial charge on any atom is -0.332 e. The Bertz CT molecular complexity index is 719. The first-order valence-electron chi connectivity index (χ1n) is 6.66. The zero-order chi connectivity index (χ0) is 13.9. The van der Waals surface area contributed by atoms with Crippen molar-refractivity contribution in [2.45, 2.75) is 19.8 Å². The number of anilines is 2. The second-order valence-electron chi connectivity index (χ2n) is 4.70. The normalized spacial score (nSPS) is 10.9. The molecule has 0 saturated heterocycles. The van der Waals surface area contributed by atoms with Crippen molar-refractivity contribution in [3.63, 3.8) is 0 Å². The van der Waals surface area contributed by atoms with Gasteiger partial charge >= 0.3 is 0 Å². The topological polar surface area (TPSA) is 24.9 Å². The number of thiazole rings is 1. The maximum absolute atomic E-state index is 4.59. The van der Waals surface area contributed by atoms with Gasteiger partial charge in [-0.2, -0.15) is 0 Å². The third-order valence-electron chi connectivity index (χ3n) is 3.09. The third-order valence-corrected chi connectivity index (χ3v) is 4.52. The van der Waals surface area contributed by atoms with Crippen LogP contribution >= 0.6 is 27.3 Å². The van der Waals surface area contributed by atoms with Crippen LogP contribution in [0, 0.1) is 0 Å². The van der Waals surface area contributed by atoms with E-state index in [0.717, 1.165) is 27.2 Å². The van der Waals surface area contributed by atoms with Gasteiger partial charge in [0.15, 0.2) is 5.13 Å². The molecule has 0 unspecified atom stereocenters. The fourth-order valence-electron chi connectivity index (χ4n) is 2.12. The van der Waals surface area contributed by atoms with E-state index in [2.05, 4.69) is 63.5 Å². The summed E-state index contributed by atoms with van der Waals surface area (Å²) in [6, 6.07) is 14.7. The van der Waals surface area contributed by atoms with Crippen LogP contribution in [-0.2, 0) is 6.42 Å². The lowest BCUT2D eigenvalue weighted by Gasteiger charge is -2.03. The van der Waals surface area contributed by atoms with Gasteiger partial charge in [0.2, 0.25) is 0 Å². The van der Waals surface area contributed by atoms with E-state index in [1.54, 1.807) is 11.3 Å². The van der Waals surface area contributed by atoms with Gasteiger partial charge in [0.1, 0.15) is 0 Å². The number of rotatable bonds is 4. The largest absolute Gasteiger partial charge is 0.332 e. The molecule has 0 aliphatic rings. The van der Waals surface area contributed by atoms with Crippen molar-refractivity contribution in [3.8, 4) is 0 Å². The molecule has 0 saturated carbocycles. The van der Waals surface area contributed by atoms with Crippen molar-refractivity contribution >= 4 is 48.3 Å². The Morgan fingerprint density at radius 3 is 2.70 bits per heavy atom. The Balaban J connectivity index is 1.81. The standard InChI is InChI=1S/C16H15BrN2S/c1-2-3-11-4-7-13(8-5-11)18-16-19-14-9-6-12(17)10-15(14)20-16/h4-10H,2-3H2,1H3,(H,18,19). The average Bonchev–Trinajstić information content (AvgIpc) is 2.82. The molecule has 0 aliphatic carbocycles. The van der Waals surface area contributed by atoms with Gasteiger partial charge in [0.25, 0.3) is 0 Å². The second-order valence-corrected chi connectivity index (χ2v) is 6.65. The molecule has 0 atom stereocenters. The molecule has 0 radical (unpaired) electrons. The number of aromatic nitrogens is 1. The fourth-order valence-corrected chi connectivity index (χ4v) is 3.56. The minimum absolute atomic E-state index is 0.932. The number of aryl methyl sites for hydroxylation is 1. The van der Waals surface area contributed by atoms with E-state index < -0.39 is 0 Å². The van der Waals surface area contributed by atoms with Gasteiger partial charge in [0, 0.05) is 10.2 Å². The molecule has 1 heterocycles. The highest BCUT2D eigenvalue weighted by Gasteiger charge is 2.04. The molecule has 0 bridgehead atoms. The molecule has 0 aliphatic heterocycles. The molecule has 4 heteroatoms. The number of hydrogen-bond donors (Lipinski definition) is 1. The monoisotopic (exact) mass is 346 g/mol. The predicted octanol–water partition coefficient (Wildman–Crippen LogP) is 5.75. The molecule has 0 spiro atoms. The van der Waals surface area contributed by atoms with Gasteiger partial charge in [0.05, 0.1) is 10.2 Å². The van der Waals surface area contributed by atoms with Crippen LogP contribution in [0.5, 0.6) is 0 Å². The van der Waals surface area contributed by atoms with Gasteiger partial charge in [-0.05, 0) is 42.3 Å². The molecular weight excluding hydrogens is 332 g/mol. The number of hydrogen-bond acceptors (Lipinski definition) is 3. The molecule has 1 aromatic heterocycles. The number of benzene rings is 2. The molecule has 0 fully saturated rings. The number of nitrogens with zero attached hydrogens (tertiary/aromatic N) is 1. The van der Waals surface area contributed by atoms with Gasteiger partial charge in [-0.25, -0.2) is 4.98 Å². The lowest BCUT2D eigenvalue weighted by atomic mass is 10.1. The summed E-state index contributed by atoms with van der Waals surface area (Å²) in [6.07, 6.45) is 2.31. The highest BCUT2D eigenvalue weighted by atomic mass is 79.9. The van der Waals surface area contributed by atoms with Crippen molar-refractivity contribution in [2.75, 3.05) is 5.32 Å². The van der Waals surface area contributed by atoms with Crippen LogP contribution in [0.2, 0.25) is 0 Å². The number of fused-ring (bicyclic) bond motifs is 1. The zero-order valence-corrected chi connectivity index (χ0v) is 13.6. The van der Waals surface area contributed by atoms with Crippen LogP contribution in [0.4, 0.5) is 10.8 Å². The summed E-state index contributed by atoms with van der Waals surface area (Å²) >= 11 is 5.16. The minimum atomic E-state index is 0.932. The molecule has 3 rings (SSSR count). The Morgan fingerprint density at radius 1 is 1.15 bits per heavy atom. The van der Waals surface area contributed by atoms with Crippen LogP contribution in [0.25, 0.3) is 10.2 Å². The summed E-state index contributed by atoms with van der Waals surface area (Å²) in [5, 5.41) is 4.31.